The van der Waals surface area contributed by atoms with E-state index in [2.05, 4.69) is 0 Å². The highest BCUT2D eigenvalue weighted by Crippen LogP contribution is 2.46. The first-order valence-corrected chi connectivity index (χ1v) is 7.65. The van der Waals surface area contributed by atoms with E-state index in [1.54, 1.807) is 0 Å². The molecule has 9 heteroatoms. The molecular weight excluding hydrogens is 393 g/mol. The van der Waals surface area contributed by atoms with Crippen molar-refractivity contribution in [3.8, 4) is 0 Å². The molecule has 1 aliphatic rings. The summed E-state index contributed by atoms with van der Waals surface area (Å²) in [7, 11) is 0. The average Bonchev–Trinajstić information content (AvgIpc) is 2.28. The Kier molecular flexibility index (Phi) is 6.04. The van der Waals surface area contributed by atoms with Crippen LogP contribution >= 0.6 is 69.6 Å². The second kappa shape index (κ2) is 6.31. The van der Waals surface area contributed by atoms with Crippen molar-refractivity contribution in [2.75, 3.05) is 0 Å². The summed E-state index contributed by atoms with van der Waals surface area (Å²) in [5.74, 6) is 0. The topological polar surface area (TPSA) is 60.7 Å². The van der Waals surface area contributed by atoms with Gasteiger partial charge < -0.3 is 15.3 Å². The zero-order valence-electron chi connectivity index (χ0n) is 10.1. The minimum atomic E-state index is -2.03. The van der Waals surface area contributed by atoms with Crippen LogP contribution in [-0.4, -0.2) is 41.2 Å². The summed E-state index contributed by atoms with van der Waals surface area (Å²) >= 11 is 33.9. The molecular formula is C11H12Cl6O3. The summed E-state index contributed by atoms with van der Waals surface area (Å²) in [5, 5.41) is 30.1. The fourth-order valence-corrected chi connectivity index (χ4v) is 2.94. The summed E-state index contributed by atoms with van der Waals surface area (Å²) < 4.78 is -4.00. The molecule has 0 fully saturated rings. The van der Waals surface area contributed by atoms with Crippen LogP contribution in [0.25, 0.3) is 0 Å². The molecule has 20 heavy (non-hydrogen) atoms. The van der Waals surface area contributed by atoms with E-state index in [0.717, 1.165) is 0 Å². The van der Waals surface area contributed by atoms with Crippen LogP contribution < -0.4 is 0 Å². The first kappa shape index (κ1) is 19.1. The molecule has 116 valence electrons. The normalized spacial score (nSPS) is 30.9. The Bertz CT molecular complexity index is 425. The standard InChI is InChI=1S/C11H12Cl6O3/c1-9(8(20)11(15,16)17)4-5(2-3-6(9)18)7(19)10(12,13)14/h2-4,6-8,18-20H,1H3. The molecule has 3 N–H and O–H groups in total. The van der Waals surface area contributed by atoms with E-state index in [0.29, 0.717) is 0 Å². The van der Waals surface area contributed by atoms with Crippen molar-refractivity contribution >= 4 is 69.6 Å². The van der Waals surface area contributed by atoms with Gasteiger partial charge in [0.15, 0.2) is 0 Å². The van der Waals surface area contributed by atoms with Crippen LogP contribution in [0.3, 0.4) is 0 Å². The number of halogens is 6. The Balaban J connectivity index is 3.20. The maximum atomic E-state index is 10.1. The number of aliphatic hydroxyl groups is 3. The van der Waals surface area contributed by atoms with E-state index >= 15 is 0 Å². The SMILES string of the molecule is CC1(C(O)C(Cl)(Cl)Cl)C=C(C(O)C(Cl)(Cl)Cl)C=CC1O. The van der Waals surface area contributed by atoms with Gasteiger partial charge in [0, 0.05) is 5.41 Å². The summed E-state index contributed by atoms with van der Waals surface area (Å²) in [6, 6.07) is 0. The Morgan fingerprint density at radius 1 is 1.10 bits per heavy atom. The molecule has 4 atom stereocenters. The van der Waals surface area contributed by atoms with Gasteiger partial charge in [-0.3, -0.25) is 0 Å². The number of aliphatic hydroxyl groups excluding tert-OH is 3. The molecule has 1 rings (SSSR count). The molecule has 0 radical (unpaired) electrons. The van der Waals surface area contributed by atoms with Gasteiger partial charge in [-0.2, -0.15) is 0 Å². The van der Waals surface area contributed by atoms with Crippen LogP contribution in [0, 0.1) is 5.41 Å². The lowest BCUT2D eigenvalue weighted by Gasteiger charge is -2.41. The highest BCUT2D eigenvalue weighted by molar-refractivity contribution is 6.68. The number of rotatable bonds is 2. The van der Waals surface area contributed by atoms with Gasteiger partial charge in [-0.15, -0.1) is 0 Å². The van der Waals surface area contributed by atoms with Crippen molar-refractivity contribution in [2.24, 2.45) is 5.41 Å². The van der Waals surface area contributed by atoms with Crippen molar-refractivity contribution in [1.82, 2.24) is 0 Å². The van der Waals surface area contributed by atoms with Gasteiger partial charge in [0.25, 0.3) is 0 Å². The van der Waals surface area contributed by atoms with E-state index in [9.17, 15) is 15.3 Å². The minimum absolute atomic E-state index is 0.186. The number of hydrogen-bond acceptors (Lipinski definition) is 3. The smallest absolute Gasteiger partial charge is 0.220 e. The average molecular weight is 405 g/mol. The van der Waals surface area contributed by atoms with Crippen molar-refractivity contribution < 1.29 is 15.3 Å². The molecule has 0 heterocycles. The third-order valence-electron chi connectivity index (χ3n) is 3.11. The molecule has 0 aromatic rings. The zero-order chi connectivity index (χ0) is 15.9. The van der Waals surface area contributed by atoms with Gasteiger partial charge in [0.05, 0.1) is 6.10 Å². The van der Waals surface area contributed by atoms with Gasteiger partial charge in [0.2, 0.25) is 7.59 Å². The Hall–Kier alpha value is 1.10. The Morgan fingerprint density at radius 2 is 1.60 bits per heavy atom. The maximum Gasteiger partial charge on any atom is 0.220 e. The maximum absolute atomic E-state index is 10.1. The van der Waals surface area contributed by atoms with E-state index in [1.165, 1.54) is 25.2 Å². The molecule has 0 aliphatic heterocycles. The first-order chi connectivity index (χ1) is 8.80. The molecule has 0 spiro atoms. The molecule has 0 bridgehead atoms. The molecule has 0 aromatic heterocycles. The second-order valence-electron chi connectivity index (χ2n) is 4.70. The lowest BCUT2D eigenvalue weighted by molar-refractivity contribution is -0.00589. The van der Waals surface area contributed by atoms with Crippen molar-refractivity contribution in [3.05, 3.63) is 23.8 Å². The van der Waals surface area contributed by atoms with Gasteiger partial charge in [0.1, 0.15) is 12.2 Å². The van der Waals surface area contributed by atoms with Crippen LogP contribution in [0.2, 0.25) is 0 Å². The predicted octanol–water partition coefficient (Wildman–Crippen LogP) is 3.31. The van der Waals surface area contributed by atoms with E-state index < -0.39 is 31.3 Å². The first-order valence-electron chi connectivity index (χ1n) is 5.38. The third-order valence-corrected chi connectivity index (χ3v) is 4.35. The third kappa shape index (κ3) is 4.09. The second-order valence-corrected chi connectivity index (χ2v) is 9.44. The molecule has 0 saturated carbocycles. The zero-order valence-corrected chi connectivity index (χ0v) is 14.6. The quantitative estimate of drug-likeness (QED) is 0.619. The lowest BCUT2D eigenvalue weighted by Crippen LogP contribution is -2.49. The van der Waals surface area contributed by atoms with Crippen LogP contribution in [0.4, 0.5) is 0 Å². The van der Waals surface area contributed by atoms with Crippen LogP contribution in [0.5, 0.6) is 0 Å². The van der Waals surface area contributed by atoms with Crippen molar-refractivity contribution in [3.63, 3.8) is 0 Å². The summed E-state index contributed by atoms with van der Waals surface area (Å²) in [6.07, 6.45) is -0.120. The van der Waals surface area contributed by atoms with Gasteiger partial charge in [-0.05, 0) is 5.57 Å². The largest absolute Gasteiger partial charge is 0.388 e. The van der Waals surface area contributed by atoms with Gasteiger partial charge >= 0.3 is 0 Å². The minimum Gasteiger partial charge on any atom is -0.388 e. The molecule has 1 aliphatic carbocycles. The van der Waals surface area contributed by atoms with Crippen LogP contribution in [0.1, 0.15) is 6.92 Å². The highest BCUT2D eigenvalue weighted by Gasteiger charge is 2.49. The highest BCUT2D eigenvalue weighted by atomic mass is 35.6. The summed E-state index contributed by atoms with van der Waals surface area (Å²) in [5.41, 5.74) is -1.18. The molecule has 0 aromatic carbocycles. The Morgan fingerprint density at radius 3 is 2.00 bits per heavy atom. The number of hydrogen-bond donors (Lipinski definition) is 3. The van der Waals surface area contributed by atoms with Gasteiger partial charge in [-0.1, -0.05) is 94.8 Å². The van der Waals surface area contributed by atoms with E-state index in [4.69, 9.17) is 69.6 Å². The van der Waals surface area contributed by atoms with Gasteiger partial charge in [-0.25, -0.2) is 0 Å². The van der Waals surface area contributed by atoms with E-state index in [1.807, 2.05) is 0 Å². The molecule has 3 nitrogen and oxygen atoms in total. The van der Waals surface area contributed by atoms with Crippen molar-refractivity contribution in [1.29, 1.82) is 0 Å². The fourth-order valence-electron chi connectivity index (χ4n) is 1.85. The monoisotopic (exact) mass is 402 g/mol. The van der Waals surface area contributed by atoms with E-state index in [-0.39, 0.29) is 5.57 Å². The molecule has 0 saturated heterocycles. The fraction of sp³-hybridized carbons (Fsp3) is 0.636. The van der Waals surface area contributed by atoms with Crippen LogP contribution in [0.15, 0.2) is 23.8 Å². The number of alkyl halides is 6. The molecule has 0 amide bonds. The molecule has 4 unspecified atom stereocenters. The summed E-state index contributed by atoms with van der Waals surface area (Å²) in [6.45, 7) is 1.46. The Labute approximate surface area is 146 Å². The predicted molar refractivity (Wildman–Crippen MR) is 83.9 cm³/mol. The van der Waals surface area contributed by atoms with Crippen LogP contribution in [-0.2, 0) is 0 Å². The lowest BCUT2D eigenvalue weighted by atomic mass is 9.74. The van der Waals surface area contributed by atoms with Crippen molar-refractivity contribution in [2.45, 2.75) is 32.8 Å². The summed E-state index contributed by atoms with van der Waals surface area (Å²) in [4.78, 5) is 0.